The van der Waals surface area contributed by atoms with Crippen molar-refractivity contribution in [1.29, 1.82) is 0 Å². The van der Waals surface area contributed by atoms with Gasteiger partial charge in [-0.3, -0.25) is 0 Å². The topological polar surface area (TPSA) is 29.5 Å². The van der Waals surface area contributed by atoms with Gasteiger partial charge in [0.2, 0.25) is 0 Å². The summed E-state index contributed by atoms with van der Waals surface area (Å²) in [5.74, 6) is 0.354. The maximum Gasteiger partial charge on any atom is 0.135 e. The minimum absolute atomic E-state index is 0.315. The average molecular weight is 331 g/mol. The first-order chi connectivity index (χ1) is 8.60. The van der Waals surface area contributed by atoms with Gasteiger partial charge in [0.1, 0.15) is 11.6 Å². The van der Waals surface area contributed by atoms with Gasteiger partial charge in [-0.15, -0.1) is 11.3 Å². The molecule has 0 saturated carbocycles. The Hall–Kier alpha value is -0.910. The van der Waals surface area contributed by atoms with E-state index in [0.29, 0.717) is 16.6 Å². The van der Waals surface area contributed by atoms with E-state index < -0.39 is 6.10 Å². The lowest BCUT2D eigenvalue weighted by molar-refractivity contribution is 0.178. The number of methoxy groups -OCH3 is 1. The molecule has 2 nitrogen and oxygen atoms in total. The SMILES string of the molecule is COc1ccsc1C(O)Cc1cc(F)cc(Br)c1. The van der Waals surface area contributed by atoms with Crippen molar-refractivity contribution >= 4 is 27.3 Å². The molecule has 18 heavy (non-hydrogen) atoms. The maximum absolute atomic E-state index is 13.2. The van der Waals surface area contributed by atoms with Crippen LogP contribution in [0, 0.1) is 5.82 Å². The van der Waals surface area contributed by atoms with Crippen LogP contribution in [-0.4, -0.2) is 12.2 Å². The molecule has 2 aromatic rings. The Balaban J connectivity index is 2.18. The summed E-state index contributed by atoms with van der Waals surface area (Å²) in [4.78, 5) is 0.762. The molecule has 0 amide bonds. The van der Waals surface area contributed by atoms with Crippen LogP contribution < -0.4 is 4.74 Å². The molecule has 0 spiro atoms. The molecule has 0 aliphatic rings. The zero-order valence-electron chi connectivity index (χ0n) is 9.69. The van der Waals surface area contributed by atoms with Gasteiger partial charge < -0.3 is 9.84 Å². The van der Waals surface area contributed by atoms with Gasteiger partial charge in [0.05, 0.1) is 18.1 Å². The van der Waals surface area contributed by atoms with Crippen molar-refractivity contribution in [3.05, 3.63) is 50.4 Å². The molecular weight excluding hydrogens is 319 g/mol. The van der Waals surface area contributed by atoms with E-state index in [4.69, 9.17) is 4.74 Å². The smallest absolute Gasteiger partial charge is 0.135 e. The first-order valence-electron chi connectivity index (χ1n) is 5.34. The van der Waals surface area contributed by atoms with E-state index in [1.807, 2.05) is 11.4 Å². The van der Waals surface area contributed by atoms with Crippen molar-refractivity contribution in [3.63, 3.8) is 0 Å². The van der Waals surface area contributed by atoms with E-state index in [1.165, 1.54) is 23.5 Å². The third kappa shape index (κ3) is 3.10. The van der Waals surface area contributed by atoms with Crippen LogP contribution in [0.15, 0.2) is 34.1 Å². The molecule has 1 N–H and O–H groups in total. The van der Waals surface area contributed by atoms with Gasteiger partial charge in [-0.1, -0.05) is 15.9 Å². The number of thiophene rings is 1. The highest BCUT2D eigenvalue weighted by molar-refractivity contribution is 9.10. The largest absolute Gasteiger partial charge is 0.495 e. The fourth-order valence-corrected chi connectivity index (χ4v) is 3.12. The zero-order valence-corrected chi connectivity index (χ0v) is 12.1. The normalized spacial score (nSPS) is 12.4. The summed E-state index contributed by atoms with van der Waals surface area (Å²) in [7, 11) is 1.57. The van der Waals surface area contributed by atoms with Gasteiger partial charge in [0, 0.05) is 10.9 Å². The average Bonchev–Trinajstić information content (AvgIpc) is 2.75. The molecule has 1 aromatic carbocycles. The van der Waals surface area contributed by atoms with E-state index in [2.05, 4.69) is 15.9 Å². The van der Waals surface area contributed by atoms with Gasteiger partial charge in [-0.25, -0.2) is 4.39 Å². The highest BCUT2D eigenvalue weighted by Gasteiger charge is 2.16. The van der Waals surface area contributed by atoms with Gasteiger partial charge >= 0.3 is 0 Å². The van der Waals surface area contributed by atoms with E-state index >= 15 is 0 Å². The predicted octanol–water partition coefficient (Wildman–Crippen LogP) is 3.93. The lowest BCUT2D eigenvalue weighted by Gasteiger charge is -2.11. The van der Waals surface area contributed by atoms with Crippen LogP contribution >= 0.6 is 27.3 Å². The van der Waals surface area contributed by atoms with Gasteiger partial charge in [0.15, 0.2) is 0 Å². The van der Waals surface area contributed by atoms with E-state index in [0.717, 1.165) is 10.4 Å². The molecule has 0 fully saturated rings. The summed E-state index contributed by atoms with van der Waals surface area (Å²) in [5.41, 5.74) is 0.741. The van der Waals surface area contributed by atoms with Crippen molar-refractivity contribution in [3.8, 4) is 5.75 Å². The van der Waals surface area contributed by atoms with Crippen molar-refractivity contribution in [2.75, 3.05) is 7.11 Å². The van der Waals surface area contributed by atoms with Crippen LogP contribution in [0.3, 0.4) is 0 Å². The lowest BCUT2D eigenvalue weighted by atomic mass is 10.1. The number of hydrogen-bond acceptors (Lipinski definition) is 3. The molecule has 5 heteroatoms. The molecule has 1 atom stereocenters. The molecule has 0 aliphatic heterocycles. The number of benzene rings is 1. The van der Waals surface area contributed by atoms with Crippen molar-refractivity contribution in [2.24, 2.45) is 0 Å². The molecule has 0 radical (unpaired) electrons. The quantitative estimate of drug-likeness (QED) is 0.920. The van der Waals surface area contributed by atoms with Crippen LogP contribution in [0.25, 0.3) is 0 Å². The van der Waals surface area contributed by atoms with Crippen molar-refractivity contribution < 1.29 is 14.2 Å². The van der Waals surface area contributed by atoms with Crippen LogP contribution in [0.2, 0.25) is 0 Å². The lowest BCUT2D eigenvalue weighted by Crippen LogP contribution is -2.02. The molecule has 1 heterocycles. The molecule has 1 aromatic heterocycles. The number of hydrogen-bond donors (Lipinski definition) is 1. The number of ether oxygens (including phenoxy) is 1. The Morgan fingerprint density at radius 1 is 1.44 bits per heavy atom. The third-order valence-electron chi connectivity index (χ3n) is 2.53. The zero-order chi connectivity index (χ0) is 13.1. The first-order valence-corrected chi connectivity index (χ1v) is 7.02. The standard InChI is InChI=1S/C13H12BrFO2S/c1-17-12-2-3-18-13(12)11(16)6-8-4-9(14)7-10(15)5-8/h2-5,7,11,16H,6H2,1H3. The third-order valence-corrected chi connectivity index (χ3v) is 3.99. The summed E-state index contributed by atoms with van der Waals surface area (Å²) in [6.45, 7) is 0. The van der Waals surface area contributed by atoms with E-state index in [-0.39, 0.29) is 5.82 Å². The van der Waals surface area contributed by atoms with Crippen molar-refractivity contribution in [2.45, 2.75) is 12.5 Å². The highest BCUT2D eigenvalue weighted by atomic mass is 79.9. The molecular formula is C13H12BrFO2S. The molecule has 96 valence electrons. The van der Waals surface area contributed by atoms with Crippen LogP contribution in [0.1, 0.15) is 16.5 Å². The maximum atomic E-state index is 13.2. The fraction of sp³-hybridized carbons (Fsp3) is 0.231. The molecule has 2 rings (SSSR count). The first kappa shape index (κ1) is 13.5. The van der Waals surface area contributed by atoms with Crippen LogP contribution in [0.5, 0.6) is 5.75 Å². The molecule has 0 aliphatic carbocycles. The second kappa shape index (κ2) is 5.82. The summed E-state index contributed by atoms with van der Waals surface area (Å²) < 4.78 is 19.1. The summed E-state index contributed by atoms with van der Waals surface area (Å²) in [5, 5.41) is 12.0. The minimum Gasteiger partial charge on any atom is -0.495 e. The second-order valence-corrected chi connectivity index (χ2v) is 5.71. The Kier molecular flexibility index (Phi) is 4.37. The van der Waals surface area contributed by atoms with Gasteiger partial charge in [-0.05, 0) is 35.2 Å². The van der Waals surface area contributed by atoms with E-state index in [9.17, 15) is 9.50 Å². The molecule has 0 bridgehead atoms. The molecule has 1 unspecified atom stereocenters. The summed E-state index contributed by atoms with van der Waals surface area (Å²) in [6.07, 6.45) is -0.332. The monoisotopic (exact) mass is 330 g/mol. The predicted molar refractivity (Wildman–Crippen MR) is 73.6 cm³/mol. The second-order valence-electron chi connectivity index (χ2n) is 3.85. The Bertz CT molecular complexity index is 521. The number of rotatable bonds is 4. The van der Waals surface area contributed by atoms with Crippen molar-refractivity contribution in [1.82, 2.24) is 0 Å². The number of aliphatic hydroxyl groups is 1. The summed E-state index contributed by atoms with van der Waals surface area (Å²) >= 11 is 4.67. The van der Waals surface area contributed by atoms with Gasteiger partial charge in [-0.2, -0.15) is 0 Å². The van der Waals surface area contributed by atoms with Crippen LogP contribution in [0.4, 0.5) is 4.39 Å². The minimum atomic E-state index is -0.686. The Morgan fingerprint density at radius 2 is 2.22 bits per heavy atom. The van der Waals surface area contributed by atoms with Crippen LogP contribution in [-0.2, 0) is 6.42 Å². The number of aliphatic hydroxyl groups excluding tert-OH is 1. The molecule has 0 saturated heterocycles. The van der Waals surface area contributed by atoms with E-state index in [1.54, 1.807) is 13.2 Å². The summed E-state index contributed by atoms with van der Waals surface area (Å²) in [6, 6.07) is 6.42. The Morgan fingerprint density at radius 3 is 2.89 bits per heavy atom. The number of halogens is 2. The Labute approximate surface area is 117 Å². The van der Waals surface area contributed by atoms with Gasteiger partial charge in [0.25, 0.3) is 0 Å². The fourth-order valence-electron chi connectivity index (χ4n) is 1.77. The highest BCUT2D eigenvalue weighted by Crippen LogP contribution is 2.33.